The predicted molar refractivity (Wildman–Crippen MR) is 119 cm³/mol. The molecule has 168 valence electrons. The maximum atomic E-state index is 11.6. The third-order valence-corrected chi connectivity index (χ3v) is 5.18. The molecular formula is C24H32N2O5. The molecule has 0 spiro atoms. The molecule has 0 unspecified atom stereocenters. The number of carbonyl (C=O) groups is 1. The smallest absolute Gasteiger partial charge is 0.222 e. The lowest BCUT2D eigenvalue weighted by Crippen LogP contribution is -2.32. The van der Waals surface area contributed by atoms with Gasteiger partial charge < -0.3 is 24.2 Å². The van der Waals surface area contributed by atoms with E-state index >= 15 is 0 Å². The van der Waals surface area contributed by atoms with E-state index in [1.807, 2.05) is 54.4 Å². The number of ether oxygens (including phenoxy) is 3. The molecule has 1 amide bonds. The normalized spacial score (nSPS) is 14.7. The molecule has 7 heteroatoms. The maximum Gasteiger partial charge on any atom is 0.222 e. The molecule has 2 aromatic carbocycles. The standard InChI is InChI=1S/C24H32N2O5/c1-25(17-20(27)18-31-23-6-3-5-22(15-23)29-2)16-19-8-10-21(11-9-19)30-14-13-26-12-4-7-24(26)28/h3,5-6,8-11,15,20,27H,4,7,12-14,16-18H2,1-2H3/t20-/m0/s1. The second-order valence-electron chi connectivity index (χ2n) is 7.82. The molecule has 1 atom stereocenters. The number of rotatable bonds is 12. The van der Waals surface area contributed by atoms with Crippen molar-refractivity contribution in [2.45, 2.75) is 25.5 Å². The molecule has 0 bridgehead atoms. The van der Waals surface area contributed by atoms with Crippen molar-refractivity contribution >= 4 is 5.91 Å². The quantitative estimate of drug-likeness (QED) is 0.560. The van der Waals surface area contributed by atoms with Gasteiger partial charge in [-0.2, -0.15) is 0 Å². The average Bonchev–Trinajstić information content (AvgIpc) is 3.18. The number of aliphatic hydroxyl groups is 1. The van der Waals surface area contributed by atoms with Gasteiger partial charge in [0.05, 0.1) is 13.7 Å². The summed E-state index contributed by atoms with van der Waals surface area (Å²) in [5, 5.41) is 10.3. The lowest BCUT2D eigenvalue weighted by atomic mass is 10.2. The van der Waals surface area contributed by atoms with Gasteiger partial charge in [-0.05, 0) is 43.3 Å². The van der Waals surface area contributed by atoms with Crippen LogP contribution in [0.15, 0.2) is 48.5 Å². The zero-order chi connectivity index (χ0) is 22.1. The first kappa shape index (κ1) is 22.9. The summed E-state index contributed by atoms with van der Waals surface area (Å²) in [5.41, 5.74) is 1.13. The first-order valence-electron chi connectivity index (χ1n) is 10.7. The Morgan fingerprint density at radius 3 is 2.58 bits per heavy atom. The van der Waals surface area contributed by atoms with E-state index in [1.165, 1.54) is 0 Å². The topological polar surface area (TPSA) is 71.5 Å². The second-order valence-corrected chi connectivity index (χ2v) is 7.82. The van der Waals surface area contributed by atoms with Crippen molar-refractivity contribution in [2.75, 3.05) is 47.0 Å². The molecule has 1 N–H and O–H groups in total. The van der Waals surface area contributed by atoms with Crippen LogP contribution >= 0.6 is 0 Å². The molecule has 0 aromatic heterocycles. The first-order chi connectivity index (χ1) is 15.0. The number of amides is 1. The fourth-order valence-electron chi connectivity index (χ4n) is 3.58. The van der Waals surface area contributed by atoms with Crippen molar-refractivity contribution in [3.05, 3.63) is 54.1 Å². The third-order valence-electron chi connectivity index (χ3n) is 5.18. The van der Waals surface area contributed by atoms with Crippen LogP contribution < -0.4 is 14.2 Å². The number of benzene rings is 2. The molecule has 0 radical (unpaired) electrons. The van der Waals surface area contributed by atoms with Crippen molar-refractivity contribution in [1.29, 1.82) is 0 Å². The van der Waals surface area contributed by atoms with Crippen LogP contribution in [0, 0.1) is 0 Å². The highest BCUT2D eigenvalue weighted by atomic mass is 16.5. The second kappa shape index (κ2) is 11.6. The van der Waals surface area contributed by atoms with Crippen molar-refractivity contribution in [3.63, 3.8) is 0 Å². The van der Waals surface area contributed by atoms with Crippen LogP contribution in [0.1, 0.15) is 18.4 Å². The Labute approximate surface area is 184 Å². The summed E-state index contributed by atoms with van der Waals surface area (Å²) in [5.74, 6) is 2.41. The summed E-state index contributed by atoms with van der Waals surface area (Å²) < 4.78 is 16.6. The third kappa shape index (κ3) is 7.45. The summed E-state index contributed by atoms with van der Waals surface area (Å²) >= 11 is 0. The molecule has 1 saturated heterocycles. The molecule has 1 aliphatic rings. The zero-order valence-electron chi connectivity index (χ0n) is 18.3. The minimum atomic E-state index is -0.605. The number of likely N-dealkylation sites (tertiary alicyclic amines) is 1. The average molecular weight is 429 g/mol. The highest BCUT2D eigenvalue weighted by molar-refractivity contribution is 5.78. The van der Waals surface area contributed by atoms with Crippen molar-refractivity contribution < 1.29 is 24.1 Å². The number of aliphatic hydroxyl groups excluding tert-OH is 1. The molecule has 3 rings (SSSR count). The molecule has 0 aliphatic carbocycles. The van der Waals surface area contributed by atoms with E-state index in [-0.39, 0.29) is 12.5 Å². The largest absolute Gasteiger partial charge is 0.497 e. The van der Waals surface area contributed by atoms with Crippen molar-refractivity contribution in [3.8, 4) is 17.2 Å². The molecule has 31 heavy (non-hydrogen) atoms. The Bertz CT molecular complexity index is 827. The Balaban J connectivity index is 1.36. The van der Waals surface area contributed by atoms with Crippen LogP contribution in [0.3, 0.4) is 0 Å². The number of hydrogen-bond donors (Lipinski definition) is 1. The number of carbonyl (C=O) groups excluding carboxylic acids is 1. The molecule has 1 heterocycles. The molecule has 2 aromatic rings. The Hall–Kier alpha value is -2.77. The number of hydrogen-bond acceptors (Lipinski definition) is 6. The Kier molecular flexibility index (Phi) is 8.55. The van der Waals surface area contributed by atoms with E-state index < -0.39 is 6.10 Å². The van der Waals surface area contributed by atoms with Gasteiger partial charge >= 0.3 is 0 Å². The van der Waals surface area contributed by atoms with Gasteiger partial charge in [0.25, 0.3) is 0 Å². The number of methoxy groups -OCH3 is 1. The number of nitrogens with zero attached hydrogens (tertiary/aromatic N) is 2. The van der Waals surface area contributed by atoms with Crippen molar-refractivity contribution in [1.82, 2.24) is 9.80 Å². The molecule has 1 aliphatic heterocycles. The highest BCUT2D eigenvalue weighted by Gasteiger charge is 2.19. The van der Waals surface area contributed by atoms with E-state index in [1.54, 1.807) is 13.2 Å². The van der Waals surface area contributed by atoms with Gasteiger partial charge in [0.15, 0.2) is 0 Å². The van der Waals surface area contributed by atoms with E-state index in [2.05, 4.69) is 4.90 Å². The lowest BCUT2D eigenvalue weighted by Gasteiger charge is -2.21. The molecular weight excluding hydrogens is 396 g/mol. The van der Waals surface area contributed by atoms with E-state index in [0.717, 1.165) is 30.0 Å². The minimum Gasteiger partial charge on any atom is -0.497 e. The first-order valence-corrected chi connectivity index (χ1v) is 10.7. The fourth-order valence-corrected chi connectivity index (χ4v) is 3.58. The SMILES string of the molecule is COc1cccc(OC[C@@H](O)CN(C)Cc2ccc(OCCN3CCCC3=O)cc2)c1. The van der Waals surface area contributed by atoms with E-state index in [4.69, 9.17) is 14.2 Å². The van der Waals surface area contributed by atoms with Crippen LogP contribution in [0.25, 0.3) is 0 Å². The van der Waals surface area contributed by atoms with Crippen LogP contribution in [0.2, 0.25) is 0 Å². The van der Waals surface area contributed by atoms with Gasteiger partial charge in [-0.1, -0.05) is 18.2 Å². The molecule has 7 nitrogen and oxygen atoms in total. The summed E-state index contributed by atoms with van der Waals surface area (Å²) in [7, 11) is 3.57. The van der Waals surface area contributed by atoms with Gasteiger partial charge in [0.1, 0.15) is 36.6 Å². The van der Waals surface area contributed by atoms with Gasteiger partial charge in [-0.15, -0.1) is 0 Å². The van der Waals surface area contributed by atoms with Crippen LogP contribution in [0.4, 0.5) is 0 Å². The van der Waals surface area contributed by atoms with Crippen LogP contribution in [0.5, 0.6) is 17.2 Å². The van der Waals surface area contributed by atoms with E-state index in [9.17, 15) is 9.90 Å². The highest BCUT2D eigenvalue weighted by Crippen LogP contribution is 2.19. The van der Waals surface area contributed by atoms with Gasteiger partial charge in [0.2, 0.25) is 5.91 Å². The van der Waals surface area contributed by atoms with Crippen LogP contribution in [-0.4, -0.2) is 73.9 Å². The summed E-state index contributed by atoms with van der Waals surface area (Å²) in [6.07, 6.45) is 1.000. The summed E-state index contributed by atoms with van der Waals surface area (Å²) in [6, 6.07) is 15.3. The fraction of sp³-hybridized carbons (Fsp3) is 0.458. The predicted octanol–water partition coefficient (Wildman–Crippen LogP) is 2.57. The van der Waals surface area contributed by atoms with Gasteiger partial charge in [0, 0.05) is 32.1 Å². The Morgan fingerprint density at radius 1 is 1.10 bits per heavy atom. The molecule has 1 fully saturated rings. The summed E-state index contributed by atoms with van der Waals surface area (Å²) in [4.78, 5) is 15.5. The maximum absolute atomic E-state index is 11.6. The van der Waals surface area contributed by atoms with Crippen molar-refractivity contribution in [2.24, 2.45) is 0 Å². The van der Waals surface area contributed by atoms with Gasteiger partial charge in [-0.3, -0.25) is 9.69 Å². The van der Waals surface area contributed by atoms with Gasteiger partial charge in [-0.25, -0.2) is 0 Å². The van der Waals surface area contributed by atoms with Crippen LogP contribution in [-0.2, 0) is 11.3 Å². The number of likely N-dealkylation sites (N-methyl/N-ethyl adjacent to an activating group) is 1. The minimum absolute atomic E-state index is 0.212. The Morgan fingerprint density at radius 2 is 1.87 bits per heavy atom. The van der Waals surface area contributed by atoms with E-state index in [0.29, 0.717) is 38.4 Å². The monoisotopic (exact) mass is 428 g/mol. The zero-order valence-corrected chi connectivity index (χ0v) is 18.3. The lowest BCUT2D eigenvalue weighted by molar-refractivity contribution is -0.128. The molecule has 0 saturated carbocycles. The summed E-state index contributed by atoms with van der Waals surface area (Å²) in [6.45, 7) is 3.39.